The van der Waals surface area contributed by atoms with Gasteiger partial charge in [0.05, 0.1) is 17.7 Å². The number of carboxylic acids is 1. The molecular weight excluding hydrogens is 338 g/mol. The van der Waals surface area contributed by atoms with Gasteiger partial charge in [-0.15, -0.1) is 5.10 Å². The molecule has 0 aliphatic rings. The summed E-state index contributed by atoms with van der Waals surface area (Å²) in [6.07, 6.45) is 0. The second-order valence-electron chi connectivity index (χ2n) is 5.17. The van der Waals surface area contributed by atoms with Gasteiger partial charge in [0.15, 0.2) is 0 Å². The molecule has 0 aliphatic carbocycles. The molecule has 0 fully saturated rings. The number of carbonyl (C=O) groups is 2. The highest BCUT2D eigenvalue weighted by molar-refractivity contribution is 6.09. The Morgan fingerprint density at radius 1 is 1.08 bits per heavy atom. The average Bonchev–Trinajstić information content (AvgIpc) is 3.11. The van der Waals surface area contributed by atoms with Crippen molar-refractivity contribution in [2.24, 2.45) is 0 Å². The van der Waals surface area contributed by atoms with Gasteiger partial charge in [0, 0.05) is 5.56 Å². The highest BCUT2D eigenvalue weighted by Gasteiger charge is 2.18. The van der Waals surface area contributed by atoms with Crippen molar-refractivity contribution in [1.82, 2.24) is 10.2 Å². The lowest BCUT2D eigenvalue weighted by Gasteiger charge is -2.04. The van der Waals surface area contributed by atoms with E-state index in [-0.39, 0.29) is 23.0 Å². The highest BCUT2D eigenvalue weighted by Crippen LogP contribution is 2.23. The summed E-state index contributed by atoms with van der Waals surface area (Å²) in [5.41, 5.74) is 0.546. The number of nitrogens with zero attached hydrogens (tertiary/aromatic N) is 2. The number of aromatic nitrogens is 2. The molecule has 8 heteroatoms. The van der Waals surface area contributed by atoms with E-state index in [9.17, 15) is 9.59 Å². The summed E-state index contributed by atoms with van der Waals surface area (Å²) in [7, 11) is 0. The maximum absolute atomic E-state index is 12.3. The fourth-order valence-electron chi connectivity index (χ4n) is 2.28. The Morgan fingerprint density at radius 3 is 2.42 bits per heavy atom. The predicted octanol–water partition coefficient (Wildman–Crippen LogP) is 3.09. The Balaban J connectivity index is 1.76. The molecule has 0 bridgehead atoms. The summed E-state index contributed by atoms with van der Waals surface area (Å²) in [6, 6.07) is 12.8. The van der Waals surface area contributed by atoms with E-state index >= 15 is 0 Å². The zero-order valence-corrected chi connectivity index (χ0v) is 13.8. The Morgan fingerprint density at radius 2 is 1.77 bits per heavy atom. The third-order valence-electron chi connectivity index (χ3n) is 3.46. The van der Waals surface area contributed by atoms with Crippen LogP contribution >= 0.6 is 0 Å². The smallest absolute Gasteiger partial charge is 0.336 e. The lowest BCUT2D eigenvalue weighted by atomic mass is 10.1. The first-order valence-electron chi connectivity index (χ1n) is 7.79. The van der Waals surface area contributed by atoms with E-state index in [1.165, 1.54) is 18.2 Å². The van der Waals surface area contributed by atoms with Gasteiger partial charge in [-0.25, -0.2) is 4.79 Å². The van der Waals surface area contributed by atoms with Gasteiger partial charge in [-0.1, -0.05) is 17.2 Å². The average molecular weight is 353 g/mol. The van der Waals surface area contributed by atoms with Crippen molar-refractivity contribution in [1.29, 1.82) is 0 Å². The van der Waals surface area contributed by atoms with Gasteiger partial charge in [0.2, 0.25) is 5.89 Å². The van der Waals surface area contributed by atoms with Crippen molar-refractivity contribution in [2.75, 3.05) is 11.9 Å². The number of aromatic carboxylic acids is 1. The van der Waals surface area contributed by atoms with Crippen molar-refractivity contribution >= 4 is 17.9 Å². The molecule has 3 rings (SSSR count). The highest BCUT2D eigenvalue weighted by atomic mass is 16.5. The molecule has 1 amide bonds. The van der Waals surface area contributed by atoms with Crippen molar-refractivity contribution in [3.63, 3.8) is 0 Å². The monoisotopic (exact) mass is 353 g/mol. The number of nitrogens with one attached hydrogen (secondary N) is 1. The SMILES string of the molecule is CCOc1ccc(-c2nnc(NC(=O)c3ccccc3C(=O)O)o2)cc1. The molecule has 0 radical (unpaired) electrons. The first kappa shape index (κ1) is 17.2. The van der Waals surface area contributed by atoms with E-state index in [1.807, 2.05) is 6.92 Å². The quantitative estimate of drug-likeness (QED) is 0.700. The maximum atomic E-state index is 12.3. The summed E-state index contributed by atoms with van der Waals surface area (Å²) in [5.74, 6) is -0.911. The van der Waals surface area contributed by atoms with Gasteiger partial charge >= 0.3 is 12.0 Å². The minimum absolute atomic E-state index is 0.000757. The van der Waals surface area contributed by atoms with E-state index in [0.29, 0.717) is 12.2 Å². The number of hydrogen-bond acceptors (Lipinski definition) is 6. The van der Waals surface area contributed by atoms with E-state index < -0.39 is 11.9 Å². The minimum Gasteiger partial charge on any atom is -0.494 e. The van der Waals surface area contributed by atoms with Crippen molar-refractivity contribution in [3.05, 3.63) is 59.7 Å². The molecule has 0 unspecified atom stereocenters. The molecule has 8 nitrogen and oxygen atoms in total. The van der Waals surface area contributed by atoms with Crippen LogP contribution in [0, 0.1) is 0 Å². The van der Waals surface area contributed by atoms with Crippen molar-refractivity contribution in [3.8, 4) is 17.2 Å². The van der Waals surface area contributed by atoms with Gasteiger partial charge < -0.3 is 14.3 Å². The van der Waals surface area contributed by atoms with Crippen LogP contribution in [0.2, 0.25) is 0 Å². The first-order valence-corrected chi connectivity index (χ1v) is 7.79. The van der Waals surface area contributed by atoms with Crippen LogP contribution in [0.25, 0.3) is 11.5 Å². The maximum Gasteiger partial charge on any atom is 0.336 e. The molecule has 26 heavy (non-hydrogen) atoms. The van der Waals surface area contributed by atoms with E-state index in [4.69, 9.17) is 14.3 Å². The molecule has 0 atom stereocenters. The fraction of sp³-hybridized carbons (Fsp3) is 0.111. The molecule has 1 heterocycles. The molecular formula is C18H15N3O5. The fourth-order valence-corrected chi connectivity index (χ4v) is 2.28. The van der Waals surface area contributed by atoms with E-state index in [1.54, 1.807) is 30.3 Å². The van der Waals surface area contributed by atoms with Gasteiger partial charge in [0.1, 0.15) is 5.75 Å². The summed E-state index contributed by atoms with van der Waals surface area (Å²) in [4.78, 5) is 23.5. The molecule has 0 spiro atoms. The predicted molar refractivity (Wildman–Crippen MR) is 92.3 cm³/mol. The number of ether oxygens (including phenoxy) is 1. The zero-order chi connectivity index (χ0) is 18.5. The van der Waals surface area contributed by atoms with Crippen molar-refractivity contribution in [2.45, 2.75) is 6.92 Å². The Bertz CT molecular complexity index is 934. The van der Waals surface area contributed by atoms with Gasteiger partial charge in [-0.3, -0.25) is 10.1 Å². The summed E-state index contributed by atoms with van der Waals surface area (Å²) in [6.45, 7) is 2.46. The second-order valence-corrected chi connectivity index (χ2v) is 5.17. The summed E-state index contributed by atoms with van der Waals surface area (Å²) in [5, 5.41) is 19.2. The Hall–Kier alpha value is -3.68. The summed E-state index contributed by atoms with van der Waals surface area (Å²) < 4.78 is 10.8. The Labute approximate surface area is 148 Å². The second kappa shape index (κ2) is 7.47. The number of carboxylic acid groups (broad SMARTS) is 1. The van der Waals surface area contributed by atoms with Crippen LogP contribution in [0.1, 0.15) is 27.6 Å². The van der Waals surface area contributed by atoms with Crippen molar-refractivity contribution < 1.29 is 23.8 Å². The number of benzene rings is 2. The summed E-state index contributed by atoms with van der Waals surface area (Å²) >= 11 is 0. The molecule has 0 aliphatic heterocycles. The molecule has 0 saturated carbocycles. The largest absolute Gasteiger partial charge is 0.494 e. The molecule has 132 valence electrons. The number of carbonyl (C=O) groups excluding carboxylic acids is 1. The van der Waals surface area contributed by atoms with E-state index in [2.05, 4.69) is 15.5 Å². The third-order valence-corrected chi connectivity index (χ3v) is 3.46. The topological polar surface area (TPSA) is 115 Å². The number of anilines is 1. The van der Waals surface area contributed by atoms with Crippen LogP contribution in [0.4, 0.5) is 6.01 Å². The number of hydrogen-bond donors (Lipinski definition) is 2. The molecule has 0 saturated heterocycles. The molecule has 3 aromatic rings. The van der Waals surface area contributed by atoms with E-state index in [0.717, 1.165) is 5.75 Å². The van der Waals surface area contributed by atoms with Gasteiger partial charge in [-0.05, 0) is 43.3 Å². The minimum atomic E-state index is -1.20. The van der Waals surface area contributed by atoms with Gasteiger partial charge in [-0.2, -0.15) is 0 Å². The van der Waals surface area contributed by atoms with Gasteiger partial charge in [0.25, 0.3) is 5.91 Å². The van der Waals surface area contributed by atoms with Crippen LogP contribution < -0.4 is 10.1 Å². The lowest BCUT2D eigenvalue weighted by Crippen LogP contribution is -2.16. The normalized spacial score (nSPS) is 10.3. The first-order chi connectivity index (χ1) is 12.6. The lowest BCUT2D eigenvalue weighted by molar-refractivity contribution is 0.0692. The molecule has 1 aromatic heterocycles. The molecule has 2 aromatic carbocycles. The standard InChI is InChI=1S/C18H15N3O5/c1-2-25-12-9-7-11(8-10-12)16-20-21-18(26-16)19-15(22)13-5-3-4-6-14(13)17(23)24/h3-10H,2H2,1H3,(H,23,24)(H,19,21,22). The Kier molecular flexibility index (Phi) is 4.93. The van der Waals surface area contributed by atoms with Crippen LogP contribution in [0.5, 0.6) is 5.75 Å². The van der Waals surface area contributed by atoms with Crippen LogP contribution in [0.15, 0.2) is 52.9 Å². The van der Waals surface area contributed by atoms with Crippen LogP contribution in [-0.4, -0.2) is 33.8 Å². The zero-order valence-electron chi connectivity index (χ0n) is 13.8. The third kappa shape index (κ3) is 3.69. The number of rotatable bonds is 6. The molecule has 2 N–H and O–H groups in total. The van der Waals surface area contributed by atoms with Crippen LogP contribution in [0.3, 0.4) is 0 Å². The number of amides is 1. The van der Waals surface area contributed by atoms with Crippen LogP contribution in [-0.2, 0) is 0 Å².